The van der Waals surface area contributed by atoms with Crippen molar-refractivity contribution in [3.63, 3.8) is 0 Å². The van der Waals surface area contributed by atoms with Crippen molar-refractivity contribution in [1.82, 2.24) is 24.0 Å². The summed E-state index contributed by atoms with van der Waals surface area (Å²) in [7, 11) is 2.91. The number of aryl methyl sites for hydroxylation is 1. The first-order valence-corrected chi connectivity index (χ1v) is 13.0. The maximum absolute atomic E-state index is 12.6. The number of nitrogens with one attached hydrogen (secondary N) is 1. The monoisotopic (exact) mass is 591 g/mol. The summed E-state index contributed by atoms with van der Waals surface area (Å²) >= 11 is 0. The largest absolute Gasteiger partial charge is 0.463 e. The zero-order valence-electron chi connectivity index (χ0n) is 24.2. The second-order valence-electron chi connectivity index (χ2n) is 9.59. The highest BCUT2D eigenvalue weighted by Gasteiger charge is 2.51. The molecule has 2 aromatic rings. The summed E-state index contributed by atoms with van der Waals surface area (Å²) in [5, 5.41) is 4.33. The van der Waals surface area contributed by atoms with E-state index in [4.69, 9.17) is 18.9 Å². The first-order chi connectivity index (χ1) is 19.8. The Balaban J connectivity index is 1.61. The Bertz CT molecular complexity index is 1530. The maximum Gasteiger partial charge on any atom is 0.332 e. The predicted octanol–water partition coefficient (Wildman–Crippen LogP) is -2.28. The number of allylic oxidation sites excluding steroid dienone is 2. The molecule has 1 amide bonds. The third-order valence-corrected chi connectivity index (χ3v) is 6.37. The predicted molar refractivity (Wildman–Crippen MR) is 144 cm³/mol. The van der Waals surface area contributed by atoms with Gasteiger partial charge in [0.2, 0.25) is 18.2 Å². The molecule has 16 nitrogen and oxygen atoms in total. The van der Waals surface area contributed by atoms with E-state index in [0.717, 1.165) is 4.57 Å². The number of hydrogen-bond donors (Lipinski definition) is 2. The molecule has 228 valence electrons. The Morgan fingerprint density at radius 2 is 1.69 bits per heavy atom. The highest BCUT2D eigenvalue weighted by Crippen LogP contribution is 2.24. The van der Waals surface area contributed by atoms with Gasteiger partial charge in [0, 0.05) is 53.5 Å². The minimum atomic E-state index is -0.999. The second kappa shape index (κ2) is 13.9. The summed E-state index contributed by atoms with van der Waals surface area (Å²) in [5.74, 6) is -2.14. The molecule has 0 aromatic carbocycles. The van der Waals surface area contributed by atoms with E-state index in [2.05, 4.69) is 10.3 Å². The zero-order valence-corrected chi connectivity index (χ0v) is 24.2. The first kappa shape index (κ1) is 32.0. The number of nitrogens with zero attached hydrogens (tertiary/aromatic N) is 4. The van der Waals surface area contributed by atoms with Crippen molar-refractivity contribution in [1.29, 1.82) is 0 Å². The van der Waals surface area contributed by atoms with Crippen molar-refractivity contribution >= 4 is 35.0 Å². The Hall–Kier alpha value is -4.57. The van der Waals surface area contributed by atoms with E-state index in [1.165, 1.54) is 45.8 Å². The van der Waals surface area contributed by atoms with Crippen LogP contribution >= 0.6 is 0 Å². The molecular formula is C26H35N6O10+. The number of ether oxygens (including phenoxy) is 4. The van der Waals surface area contributed by atoms with Gasteiger partial charge in [-0.05, 0) is 19.1 Å². The summed E-state index contributed by atoms with van der Waals surface area (Å²) in [6, 6.07) is 0. The van der Waals surface area contributed by atoms with Crippen LogP contribution in [0.2, 0.25) is 0 Å². The van der Waals surface area contributed by atoms with E-state index in [1.807, 2.05) is 0 Å². The third-order valence-electron chi connectivity index (χ3n) is 6.37. The van der Waals surface area contributed by atoms with Crippen molar-refractivity contribution in [2.75, 3.05) is 13.2 Å². The van der Waals surface area contributed by atoms with Crippen LogP contribution in [-0.4, -0.2) is 80.2 Å². The number of carbonyl (C=O) groups excluding carboxylic acids is 4. The first-order valence-electron chi connectivity index (χ1n) is 13.0. The van der Waals surface area contributed by atoms with Gasteiger partial charge in [0.15, 0.2) is 17.3 Å². The van der Waals surface area contributed by atoms with Crippen LogP contribution in [0.4, 0.5) is 0 Å². The molecule has 3 rings (SSSR count). The van der Waals surface area contributed by atoms with Gasteiger partial charge in [-0.3, -0.25) is 38.4 Å². The molecule has 0 unspecified atom stereocenters. The number of amides is 1. The number of fused-ring (bicyclic) bond motifs is 1. The van der Waals surface area contributed by atoms with Crippen molar-refractivity contribution in [2.45, 2.75) is 58.8 Å². The molecule has 0 saturated carbocycles. The Morgan fingerprint density at radius 3 is 2.33 bits per heavy atom. The molecule has 0 bridgehead atoms. The average Bonchev–Trinajstić information content (AvgIpc) is 3.48. The van der Waals surface area contributed by atoms with Crippen LogP contribution in [0.1, 0.15) is 27.7 Å². The topological polar surface area (TPSA) is 196 Å². The van der Waals surface area contributed by atoms with Crippen LogP contribution in [0.15, 0.2) is 39.8 Å². The number of carbonyl (C=O) groups is 4. The van der Waals surface area contributed by atoms with E-state index in [-0.39, 0.29) is 36.8 Å². The summed E-state index contributed by atoms with van der Waals surface area (Å²) in [5.41, 5.74) is -0.0707. The standard InChI is InChI=1S/C26H34N6O10/c1-14(23(36)27-10-11-32-13-29-22-19(32)25(37)31(6)26(38)30(22)5)8-7-9-28-24-21(41-17(4)35)20(40-16(3)34)18(42-24)12-39-15(2)33/h7-9,13,18,20-21,24,28H,10-12H2,1-6H3,(H,27,36)/p+1/b9-7-,14-8+/t18-,20-,21-,24-/m1/s1. The number of aromatic nitrogens is 4. The Kier molecular flexibility index (Phi) is 10.5. The zero-order chi connectivity index (χ0) is 31.1. The maximum atomic E-state index is 12.6. The lowest BCUT2D eigenvalue weighted by Gasteiger charge is -2.21. The fourth-order valence-corrected chi connectivity index (χ4v) is 4.35. The number of hydrogen-bond acceptors (Lipinski definition) is 11. The van der Waals surface area contributed by atoms with Gasteiger partial charge in [-0.25, -0.2) is 9.78 Å². The SMILES string of the molecule is CC(=O)OC[C@H]1O[C@@H]([NH2+]/C=C\C=C(/C)C(=O)NCCn2cnc3c2c(=O)n(C)c(=O)n3C)[C@H](OC(C)=O)[C@@H]1OC(C)=O. The van der Waals surface area contributed by atoms with E-state index >= 15 is 0 Å². The van der Waals surface area contributed by atoms with E-state index in [0.29, 0.717) is 5.57 Å². The van der Waals surface area contributed by atoms with E-state index < -0.39 is 53.7 Å². The second-order valence-corrected chi connectivity index (χ2v) is 9.59. The summed E-state index contributed by atoms with van der Waals surface area (Å²) < 4.78 is 25.4. The van der Waals surface area contributed by atoms with Gasteiger partial charge in [-0.2, -0.15) is 0 Å². The third kappa shape index (κ3) is 7.58. The van der Waals surface area contributed by atoms with Crippen LogP contribution in [0, 0.1) is 0 Å². The number of quaternary nitrogens is 1. The summed E-state index contributed by atoms with van der Waals surface area (Å²) in [6.45, 7) is 5.48. The molecule has 4 atom stereocenters. The van der Waals surface area contributed by atoms with Crippen LogP contribution < -0.4 is 21.9 Å². The lowest BCUT2D eigenvalue weighted by Crippen LogP contribution is -2.87. The number of imidazole rings is 1. The van der Waals surface area contributed by atoms with E-state index in [9.17, 15) is 28.8 Å². The van der Waals surface area contributed by atoms with Gasteiger partial charge in [0.1, 0.15) is 12.7 Å². The number of esters is 3. The van der Waals surface area contributed by atoms with Crippen molar-refractivity contribution in [3.8, 4) is 0 Å². The average molecular weight is 592 g/mol. The minimum absolute atomic E-state index is 0.193. The van der Waals surface area contributed by atoms with Crippen molar-refractivity contribution in [3.05, 3.63) is 51.1 Å². The Morgan fingerprint density at radius 1 is 1.02 bits per heavy atom. The molecule has 16 heteroatoms. The molecule has 0 spiro atoms. The van der Waals surface area contributed by atoms with Crippen LogP contribution in [0.25, 0.3) is 11.2 Å². The fourth-order valence-electron chi connectivity index (χ4n) is 4.35. The molecule has 0 aliphatic carbocycles. The molecule has 1 fully saturated rings. The molecule has 3 N–H and O–H groups in total. The number of nitrogens with two attached hydrogens (primary N) is 1. The number of rotatable bonds is 11. The highest BCUT2D eigenvalue weighted by atomic mass is 16.7. The minimum Gasteiger partial charge on any atom is -0.463 e. The lowest BCUT2D eigenvalue weighted by atomic mass is 10.1. The van der Waals surface area contributed by atoms with Gasteiger partial charge in [-0.15, -0.1) is 0 Å². The van der Waals surface area contributed by atoms with Gasteiger partial charge >= 0.3 is 23.6 Å². The molecule has 0 radical (unpaired) electrons. The van der Waals surface area contributed by atoms with Crippen molar-refractivity contribution < 1.29 is 43.4 Å². The van der Waals surface area contributed by atoms with Crippen LogP contribution in [0.3, 0.4) is 0 Å². The van der Waals surface area contributed by atoms with Crippen LogP contribution in [-0.2, 0) is 58.8 Å². The molecule has 3 heterocycles. The van der Waals surface area contributed by atoms with Gasteiger partial charge in [0.05, 0.1) is 12.5 Å². The molecule has 1 aliphatic heterocycles. The molecule has 1 aliphatic rings. The molecule has 42 heavy (non-hydrogen) atoms. The molecule has 1 saturated heterocycles. The van der Waals surface area contributed by atoms with Gasteiger partial charge in [-0.1, -0.05) is 0 Å². The highest BCUT2D eigenvalue weighted by molar-refractivity contribution is 5.93. The normalized spacial score (nSPS) is 20.6. The summed E-state index contributed by atoms with van der Waals surface area (Å²) in [4.78, 5) is 76.0. The van der Waals surface area contributed by atoms with Crippen LogP contribution in [0.5, 0.6) is 0 Å². The smallest absolute Gasteiger partial charge is 0.332 e. The quantitative estimate of drug-likeness (QED) is 0.124. The molecule has 2 aromatic heterocycles. The van der Waals surface area contributed by atoms with Gasteiger partial charge < -0.3 is 28.8 Å². The summed E-state index contributed by atoms with van der Waals surface area (Å²) in [6.07, 6.45) is 2.48. The lowest BCUT2D eigenvalue weighted by molar-refractivity contribution is -0.674. The van der Waals surface area contributed by atoms with Crippen molar-refractivity contribution in [2.24, 2.45) is 14.1 Å². The Labute approximate surface area is 239 Å². The van der Waals surface area contributed by atoms with Gasteiger partial charge in [0.25, 0.3) is 5.56 Å². The fraction of sp³-hybridized carbons (Fsp3) is 0.500. The molecular weight excluding hydrogens is 556 g/mol. The van der Waals surface area contributed by atoms with E-state index in [1.54, 1.807) is 35.2 Å².